The van der Waals surface area contributed by atoms with Crippen LogP contribution >= 0.6 is 0 Å². The van der Waals surface area contributed by atoms with E-state index in [9.17, 15) is 9.59 Å². The standard InChI is InChI=1S/C29H32N2O2/c1-21-19-22(2)25-16-18-31(29(26(25)20-21)24-11-7-4-8-12-24)28(33)14-13-27(32)30-17-15-23-9-5-3-6-10-23/h3-12,19-20,29H,13-18H2,1-2H3,(H,30,32). The predicted molar refractivity (Wildman–Crippen MR) is 132 cm³/mol. The second-order valence-electron chi connectivity index (χ2n) is 8.89. The fourth-order valence-corrected chi connectivity index (χ4v) is 4.85. The lowest BCUT2D eigenvalue weighted by atomic mass is 9.84. The summed E-state index contributed by atoms with van der Waals surface area (Å²) in [7, 11) is 0. The number of nitrogens with one attached hydrogen (secondary N) is 1. The maximum Gasteiger partial charge on any atom is 0.223 e. The van der Waals surface area contributed by atoms with E-state index >= 15 is 0 Å². The maximum absolute atomic E-state index is 13.3. The smallest absolute Gasteiger partial charge is 0.223 e. The largest absolute Gasteiger partial charge is 0.356 e. The molecule has 3 aromatic rings. The molecule has 0 aromatic heterocycles. The number of fused-ring (bicyclic) bond motifs is 1. The summed E-state index contributed by atoms with van der Waals surface area (Å²) in [5.74, 6) is -0.0356. The molecule has 33 heavy (non-hydrogen) atoms. The first-order valence-corrected chi connectivity index (χ1v) is 11.8. The molecule has 0 radical (unpaired) electrons. The van der Waals surface area contributed by atoms with Gasteiger partial charge in [-0.1, -0.05) is 78.4 Å². The highest BCUT2D eigenvalue weighted by molar-refractivity contribution is 5.84. The lowest BCUT2D eigenvalue weighted by Crippen LogP contribution is -2.41. The summed E-state index contributed by atoms with van der Waals surface area (Å²) in [5.41, 5.74) is 7.36. The third kappa shape index (κ3) is 5.51. The number of hydrogen-bond donors (Lipinski definition) is 1. The second-order valence-corrected chi connectivity index (χ2v) is 8.89. The number of benzene rings is 3. The number of nitrogens with zero attached hydrogens (tertiary/aromatic N) is 1. The Labute approximate surface area is 196 Å². The summed E-state index contributed by atoms with van der Waals surface area (Å²) in [6.07, 6.45) is 2.07. The minimum atomic E-state index is -0.109. The molecule has 4 heteroatoms. The minimum absolute atomic E-state index is 0.0341. The highest BCUT2D eigenvalue weighted by Gasteiger charge is 2.32. The van der Waals surface area contributed by atoms with Gasteiger partial charge in [-0.15, -0.1) is 0 Å². The van der Waals surface area contributed by atoms with Crippen LogP contribution in [0.4, 0.5) is 0 Å². The van der Waals surface area contributed by atoms with Crippen LogP contribution in [0.15, 0.2) is 72.8 Å². The van der Waals surface area contributed by atoms with Crippen molar-refractivity contribution < 1.29 is 9.59 Å². The molecule has 3 aromatic carbocycles. The van der Waals surface area contributed by atoms with Gasteiger partial charge in [0.05, 0.1) is 6.04 Å². The Balaban J connectivity index is 1.43. The van der Waals surface area contributed by atoms with E-state index in [0.29, 0.717) is 13.1 Å². The third-order valence-electron chi connectivity index (χ3n) is 6.44. The van der Waals surface area contributed by atoms with Crippen LogP contribution in [0.1, 0.15) is 52.3 Å². The van der Waals surface area contributed by atoms with E-state index in [-0.39, 0.29) is 30.7 Å². The van der Waals surface area contributed by atoms with Crippen molar-refractivity contribution in [1.82, 2.24) is 10.2 Å². The number of aryl methyl sites for hydroxylation is 2. The Morgan fingerprint density at radius 2 is 1.64 bits per heavy atom. The first kappa shape index (κ1) is 22.8. The molecule has 1 unspecified atom stereocenters. The van der Waals surface area contributed by atoms with Gasteiger partial charge < -0.3 is 10.2 Å². The number of amides is 2. The van der Waals surface area contributed by atoms with E-state index in [2.05, 4.69) is 55.6 Å². The van der Waals surface area contributed by atoms with Crippen LogP contribution in [0.5, 0.6) is 0 Å². The molecule has 2 amide bonds. The fraction of sp³-hybridized carbons (Fsp3) is 0.310. The van der Waals surface area contributed by atoms with Crippen LogP contribution in [0.25, 0.3) is 0 Å². The summed E-state index contributed by atoms with van der Waals surface area (Å²) in [5, 5.41) is 2.95. The summed E-state index contributed by atoms with van der Waals surface area (Å²) < 4.78 is 0. The number of hydrogen-bond acceptors (Lipinski definition) is 2. The van der Waals surface area contributed by atoms with Crippen LogP contribution in [-0.2, 0) is 22.4 Å². The Morgan fingerprint density at radius 1 is 0.939 bits per heavy atom. The van der Waals surface area contributed by atoms with E-state index in [1.165, 1.54) is 27.8 Å². The van der Waals surface area contributed by atoms with Gasteiger partial charge in [0.1, 0.15) is 0 Å². The molecule has 1 aliphatic rings. The van der Waals surface area contributed by atoms with Crippen molar-refractivity contribution in [3.63, 3.8) is 0 Å². The quantitative estimate of drug-likeness (QED) is 0.567. The van der Waals surface area contributed by atoms with Crippen LogP contribution in [0.3, 0.4) is 0 Å². The Morgan fingerprint density at radius 3 is 2.36 bits per heavy atom. The Bertz CT molecular complexity index is 1110. The minimum Gasteiger partial charge on any atom is -0.356 e. The van der Waals surface area contributed by atoms with Gasteiger partial charge in [-0.2, -0.15) is 0 Å². The zero-order valence-electron chi connectivity index (χ0n) is 19.5. The molecule has 0 spiro atoms. The van der Waals surface area contributed by atoms with Crippen molar-refractivity contribution in [2.24, 2.45) is 0 Å². The van der Waals surface area contributed by atoms with Crippen LogP contribution in [-0.4, -0.2) is 29.8 Å². The van der Waals surface area contributed by atoms with Crippen molar-refractivity contribution in [2.75, 3.05) is 13.1 Å². The zero-order chi connectivity index (χ0) is 23.2. The number of rotatable bonds is 7. The monoisotopic (exact) mass is 440 g/mol. The average molecular weight is 441 g/mol. The molecule has 0 saturated heterocycles. The van der Waals surface area contributed by atoms with Gasteiger partial charge in [0, 0.05) is 25.9 Å². The lowest BCUT2D eigenvalue weighted by molar-refractivity contribution is -0.135. The molecular formula is C29H32N2O2. The summed E-state index contributed by atoms with van der Waals surface area (Å²) in [4.78, 5) is 27.7. The van der Waals surface area contributed by atoms with Crippen LogP contribution < -0.4 is 5.32 Å². The molecule has 0 aliphatic carbocycles. The lowest BCUT2D eigenvalue weighted by Gasteiger charge is -2.39. The Kier molecular flexibility index (Phi) is 7.23. The van der Waals surface area contributed by atoms with Gasteiger partial charge in [-0.3, -0.25) is 9.59 Å². The van der Waals surface area contributed by atoms with E-state index in [1.54, 1.807) is 0 Å². The molecule has 4 nitrogen and oxygen atoms in total. The molecule has 1 aliphatic heterocycles. The first-order chi connectivity index (χ1) is 16.0. The van der Waals surface area contributed by atoms with Crippen LogP contribution in [0, 0.1) is 13.8 Å². The fourth-order valence-electron chi connectivity index (χ4n) is 4.85. The molecule has 0 fully saturated rings. The van der Waals surface area contributed by atoms with E-state index < -0.39 is 0 Å². The van der Waals surface area contributed by atoms with Gasteiger partial charge in [0.2, 0.25) is 11.8 Å². The molecule has 0 bridgehead atoms. The van der Waals surface area contributed by atoms with Crippen molar-refractivity contribution in [3.05, 3.63) is 106 Å². The molecule has 1 N–H and O–H groups in total. The number of carbonyl (C=O) groups excluding carboxylic acids is 2. The molecular weight excluding hydrogens is 408 g/mol. The van der Waals surface area contributed by atoms with Gasteiger partial charge >= 0.3 is 0 Å². The SMILES string of the molecule is Cc1cc(C)c2c(c1)C(c1ccccc1)N(C(=O)CCC(=O)NCCc1ccccc1)CC2. The normalized spacial score (nSPS) is 15.1. The van der Waals surface area contributed by atoms with Crippen LogP contribution in [0.2, 0.25) is 0 Å². The predicted octanol–water partition coefficient (Wildman–Crippen LogP) is 4.92. The van der Waals surface area contributed by atoms with Gasteiger partial charge in [-0.25, -0.2) is 0 Å². The summed E-state index contributed by atoms with van der Waals surface area (Å²) >= 11 is 0. The molecule has 1 heterocycles. The van der Waals surface area contributed by atoms with E-state index in [1.807, 2.05) is 41.3 Å². The summed E-state index contributed by atoms with van der Waals surface area (Å²) in [6.45, 7) is 5.52. The van der Waals surface area contributed by atoms with Gasteiger partial charge in [-0.05, 0) is 54.5 Å². The highest BCUT2D eigenvalue weighted by atomic mass is 16.2. The highest BCUT2D eigenvalue weighted by Crippen LogP contribution is 2.37. The van der Waals surface area contributed by atoms with Crippen molar-refractivity contribution in [3.8, 4) is 0 Å². The van der Waals surface area contributed by atoms with Gasteiger partial charge in [0.15, 0.2) is 0 Å². The zero-order valence-corrected chi connectivity index (χ0v) is 19.5. The van der Waals surface area contributed by atoms with Crippen molar-refractivity contribution in [1.29, 1.82) is 0 Å². The second kappa shape index (κ2) is 10.5. The molecule has 1 atom stereocenters. The Hall–Kier alpha value is -3.40. The van der Waals surface area contributed by atoms with Gasteiger partial charge in [0.25, 0.3) is 0 Å². The average Bonchev–Trinajstić information content (AvgIpc) is 2.83. The van der Waals surface area contributed by atoms with E-state index in [4.69, 9.17) is 0 Å². The van der Waals surface area contributed by atoms with Crippen molar-refractivity contribution >= 4 is 11.8 Å². The molecule has 0 saturated carbocycles. The maximum atomic E-state index is 13.3. The van der Waals surface area contributed by atoms with E-state index in [0.717, 1.165) is 18.4 Å². The number of carbonyl (C=O) groups is 2. The third-order valence-corrected chi connectivity index (χ3v) is 6.44. The summed E-state index contributed by atoms with van der Waals surface area (Å²) in [6, 6.07) is 24.6. The van der Waals surface area contributed by atoms with Crippen molar-refractivity contribution in [2.45, 2.75) is 45.6 Å². The molecule has 4 rings (SSSR count). The topological polar surface area (TPSA) is 49.4 Å². The molecule has 170 valence electrons. The first-order valence-electron chi connectivity index (χ1n) is 11.8.